The van der Waals surface area contributed by atoms with Crippen LogP contribution in [0.5, 0.6) is 0 Å². The number of hydrogen-bond acceptors (Lipinski definition) is 2. The molecule has 1 aliphatic rings. The molecule has 2 aromatic rings. The summed E-state index contributed by atoms with van der Waals surface area (Å²) in [5, 5.41) is 6.14. The first-order chi connectivity index (χ1) is 9.24. The van der Waals surface area contributed by atoms with Crippen LogP contribution >= 0.6 is 0 Å². The number of nitrogens with one attached hydrogen (secondary N) is 1. The second kappa shape index (κ2) is 4.93. The molecule has 1 aromatic carbocycles. The summed E-state index contributed by atoms with van der Waals surface area (Å²) in [5.74, 6) is 0. The number of pyridine rings is 1. The van der Waals surface area contributed by atoms with Gasteiger partial charge in [0.05, 0.1) is 0 Å². The van der Waals surface area contributed by atoms with E-state index >= 15 is 0 Å². The Bertz CT molecular complexity index is 565. The average molecular weight is 254 g/mol. The summed E-state index contributed by atoms with van der Waals surface area (Å²) < 4.78 is 0. The van der Waals surface area contributed by atoms with Crippen molar-refractivity contribution < 1.29 is 0 Å². The number of fused-ring (bicyclic) bond motifs is 1. The molecule has 1 aromatic heterocycles. The van der Waals surface area contributed by atoms with Crippen molar-refractivity contribution in [1.29, 1.82) is 0 Å². The fourth-order valence-electron chi connectivity index (χ4n) is 3.74. The van der Waals surface area contributed by atoms with Crippen molar-refractivity contribution in [3.8, 4) is 0 Å². The SMILES string of the molecule is CNC(c1cccc2ccncc12)C1(C)CCCC1. The first-order valence-corrected chi connectivity index (χ1v) is 7.24. The van der Waals surface area contributed by atoms with Crippen molar-refractivity contribution in [2.75, 3.05) is 7.05 Å². The molecule has 0 radical (unpaired) electrons. The molecule has 0 saturated heterocycles. The molecule has 0 amide bonds. The van der Waals surface area contributed by atoms with Crippen LogP contribution in [0.4, 0.5) is 0 Å². The highest BCUT2D eigenvalue weighted by molar-refractivity contribution is 5.85. The van der Waals surface area contributed by atoms with Crippen molar-refractivity contribution in [2.45, 2.75) is 38.6 Å². The zero-order valence-corrected chi connectivity index (χ0v) is 11.8. The van der Waals surface area contributed by atoms with Gasteiger partial charge in [0.25, 0.3) is 0 Å². The lowest BCUT2D eigenvalue weighted by molar-refractivity contribution is 0.235. The first-order valence-electron chi connectivity index (χ1n) is 7.24. The van der Waals surface area contributed by atoms with Gasteiger partial charge in [-0.2, -0.15) is 0 Å². The Hall–Kier alpha value is -1.41. The molecular formula is C17H22N2. The lowest BCUT2D eigenvalue weighted by atomic mass is 9.76. The van der Waals surface area contributed by atoms with Crippen molar-refractivity contribution in [2.24, 2.45) is 5.41 Å². The number of nitrogens with zero attached hydrogens (tertiary/aromatic N) is 1. The first kappa shape index (κ1) is 12.6. The highest BCUT2D eigenvalue weighted by Crippen LogP contribution is 2.48. The van der Waals surface area contributed by atoms with Gasteiger partial charge in [0.1, 0.15) is 0 Å². The third-order valence-corrected chi connectivity index (χ3v) is 4.76. The molecule has 1 heterocycles. The van der Waals surface area contributed by atoms with E-state index in [2.05, 4.69) is 48.5 Å². The van der Waals surface area contributed by atoms with Gasteiger partial charge in [0.15, 0.2) is 0 Å². The maximum atomic E-state index is 4.31. The number of hydrogen-bond donors (Lipinski definition) is 1. The molecule has 19 heavy (non-hydrogen) atoms. The molecule has 0 aliphatic heterocycles. The standard InChI is InChI=1S/C17H22N2/c1-17(9-3-4-10-17)16(18-2)14-7-5-6-13-8-11-19-12-15(13)14/h5-8,11-12,16,18H,3-4,9-10H2,1-2H3. The summed E-state index contributed by atoms with van der Waals surface area (Å²) in [6.45, 7) is 2.43. The lowest BCUT2D eigenvalue weighted by Gasteiger charge is -2.35. The van der Waals surface area contributed by atoms with E-state index in [9.17, 15) is 0 Å². The number of aromatic nitrogens is 1. The number of benzene rings is 1. The lowest BCUT2D eigenvalue weighted by Crippen LogP contribution is -2.32. The quantitative estimate of drug-likeness (QED) is 0.893. The molecule has 1 aliphatic carbocycles. The second-order valence-corrected chi connectivity index (χ2v) is 6.03. The Morgan fingerprint density at radius 2 is 2.00 bits per heavy atom. The maximum Gasteiger partial charge on any atom is 0.0378 e. The van der Waals surface area contributed by atoms with Crippen LogP contribution in [-0.2, 0) is 0 Å². The normalized spacial score (nSPS) is 19.7. The number of rotatable bonds is 3. The van der Waals surface area contributed by atoms with Gasteiger partial charge >= 0.3 is 0 Å². The van der Waals surface area contributed by atoms with Crippen LogP contribution in [0.2, 0.25) is 0 Å². The molecule has 1 saturated carbocycles. The minimum Gasteiger partial charge on any atom is -0.313 e. The van der Waals surface area contributed by atoms with Gasteiger partial charge < -0.3 is 5.32 Å². The molecule has 1 fully saturated rings. The average Bonchev–Trinajstić information content (AvgIpc) is 2.87. The van der Waals surface area contributed by atoms with Gasteiger partial charge in [-0.3, -0.25) is 4.98 Å². The van der Waals surface area contributed by atoms with Crippen LogP contribution < -0.4 is 5.32 Å². The minimum absolute atomic E-state index is 0.374. The van der Waals surface area contributed by atoms with Crippen LogP contribution in [0, 0.1) is 5.41 Å². The molecule has 1 atom stereocenters. The molecule has 0 spiro atoms. The molecule has 1 unspecified atom stereocenters. The summed E-state index contributed by atoms with van der Waals surface area (Å²) in [7, 11) is 2.09. The van der Waals surface area contributed by atoms with E-state index in [1.807, 2.05) is 12.4 Å². The van der Waals surface area contributed by atoms with Gasteiger partial charge in [-0.1, -0.05) is 38.0 Å². The van der Waals surface area contributed by atoms with E-state index in [1.165, 1.54) is 42.0 Å². The van der Waals surface area contributed by atoms with Gasteiger partial charge in [0.2, 0.25) is 0 Å². The Balaban J connectivity index is 2.11. The topological polar surface area (TPSA) is 24.9 Å². The third kappa shape index (κ3) is 2.14. The van der Waals surface area contributed by atoms with E-state index in [4.69, 9.17) is 0 Å². The summed E-state index contributed by atoms with van der Waals surface area (Å²) in [6.07, 6.45) is 9.23. The van der Waals surface area contributed by atoms with Crippen molar-refractivity contribution >= 4 is 10.8 Å². The predicted octanol–water partition coefficient (Wildman–Crippen LogP) is 4.08. The Morgan fingerprint density at radius 3 is 2.74 bits per heavy atom. The van der Waals surface area contributed by atoms with Gasteiger partial charge in [0, 0.05) is 23.8 Å². The van der Waals surface area contributed by atoms with Crippen LogP contribution in [-0.4, -0.2) is 12.0 Å². The van der Waals surface area contributed by atoms with E-state index in [0.717, 1.165) is 0 Å². The van der Waals surface area contributed by atoms with Crippen LogP contribution in [0.25, 0.3) is 10.8 Å². The van der Waals surface area contributed by atoms with E-state index in [0.29, 0.717) is 11.5 Å². The zero-order valence-electron chi connectivity index (χ0n) is 11.8. The van der Waals surface area contributed by atoms with E-state index < -0.39 is 0 Å². The minimum atomic E-state index is 0.374. The Morgan fingerprint density at radius 1 is 1.21 bits per heavy atom. The molecular weight excluding hydrogens is 232 g/mol. The largest absolute Gasteiger partial charge is 0.313 e. The second-order valence-electron chi connectivity index (χ2n) is 6.03. The van der Waals surface area contributed by atoms with Crippen molar-refractivity contribution in [3.63, 3.8) is 0 Å². The van der Waals surface area contributed by atoms with Gasteiger partial charge in [-0.25, -0.2) is 0 Å². The molecule has 100 valence electrons. The molecule has 1 N–H and O–H groups in total. The van der Waals surface area contributed by atoms with E-state index in [1.54, 1.807) is 0 Å². The summed E-state index contributed by atoms with van der Waals surface area (Å²) in [5.41, 5.74) is 1.77. The monoisotopic (exact) mass is 254 g/mol. The fraction of sp³-hybridized carbons (Fsp3) is 0.471. The fourth-order valence-corrected chi connectivity index (χ4v) is 3.74. The summed E-state index contributed by atoms with van der Waals surface area (Å²) >= 11 is 0. The van der Waals surface area contributed by atoms with Gasteiger partial charge in [-0.05, 0) is 42.3 Å². The molecule has 2 heteroatoms. The zero-order chi connectivity index (χ0) is 13.3. The van der Waals surface area contributed by atoms with Crippen LogP contribution in [0.15, 0.2) is 36.7 Å². The Kier molecular flexibility index (Phi) is 3.28. The predicted molar refractivity (Wildman–Crippen MR) is 80.1 cm³/mol. The van der Waals surface area contributed by atoms with Crippen LogP contribution in [0.3, 0.4) is 0 Å². The molecule has 2 nitrogen and oxygen atoms in total. The summed E-state index contributed by atoms with van der Waals surface area (Å²) in [6, 6.07) is 9.12. The van der Waals surface area contributed by atoms with Crippen LogP contribution in [0.1, 0.15) is 44.2 Å². The van der Waals surface area contributed by atoms with Gasteiger partial charge in [-0.15, -0.1) is 0 Å². The smallest absolute Gasteiger partial charge is 0.0378 e. The van der Waals surface area contributed by atoms with Crippen molar-refractivity contribution in [1.82, 2.24) is 10.3 Å². The maximum absolute atomic E-state index is 4.31. The summed E-state index contributed by atoms with van der Waals surface area (Å²) in [4.78, 5) is 4.31. The highest BCUT2D eigenvalue weighted by atomic mass is 14.9. The molecule has 0 bridgehead atoms. The third-order valence-electron chi connectivity index (χ3n) is 4.76. The van der Waals surface area contributed by atoms with E-state index in [-0.39, 0.29) is 0 Å². The highest BCUT2D eigenvalue weighted by Gasteiger charge is 2.37. The molecule has 3 rings (SSSR count). The van der Waals surface area contributed by atoms with Crippen molar-refractivity contribution in [3.05, 3.63) is 42.2 Å². The Labute approximate surface area is 115 Å².